The smallest absolute Gasteiger partial charge is 0.306 e. The zero-order valence-corrected chi connectivity index (χ0v) is 56.5. The van der Waals surface area contributed by atoms with Crippen molar-refractivity contribution in [2.75, 3.05) is 47.5 Å². The van der Waals surface area contributed by atoms with Crippen LogP contribution in [0.25, 0.3) is 0 Å². The van der Waals surface area contributed by atoms with Gasteiger partial charge < -0.3 is 33.3 Å². The number of carboxylic acid groups (broad SMARTS) is 1. The first kappa shape index (κ1) is 81.7. The predicted octanol–water partition coefficient (Wildman–Crippen LogP) is 21.1. The Kier molecular flexibility index (Phi) is 64.1. The van der Waals surface area contributed by atoms with Crippen molar-refractivity contribution in [3.63, 3.8) is 0 Å². The number of nitrogens with zero attached hydrogens (tertiary/aromatic N) is 1. The van der Waals surface area contributed by atoms with Crippen molar-refractivity contribution in [3.05, 3.63) is 72.9 Å². The van der Waals surface area contributed by atoms with Gasteiger partial charge in [0.15, 0.2) is 12.4 Å². The van der Waals surface area contributed by atoms with Crippen LogP contribution < -0.4 is 5.11 Å². The largest absolute Gasteiger partial charge is 0.545 e. The van der Waals surface area contributed by atoms with Gasteiger partial charge in [0.05, 0.1) is 40.3 Å². The number of carbonyl (C=O) groups excluding carboxylic acids is 3. The summed E-state index contributed by atoms with van der Waals surface area (Å²) in [5.74, 6) is -2.26. The zero-order valence-electron chi connectivity index (χ0n) is 56.5. The molecule has 0 aromatic heterocycles. The maximum atomic E-state index is 12.9. The van der Waals surface area contributed by atoms with E-state index in [9.17, 15) is 19.5 Å². The fraction of sp³-hybridized carbons (Fsp3) is 0.803. The van der Waals surface area contributed by atoms with E-state index in [-0.39, 0.29) is 32.2 Å². The number of aliphatic carboxylic acids is 1. The number of ether oxygens (including phenoxy) is 4. The number of unbranched alkanes of at least 4 members (excludes halogenated alkanes) is 40. The highest BCUT2D eigenvalue weighted by Gasteiger charge is 2.22. The van der Waals surface area contributed by atoms with E-state index >= 15 is 0 Å². The number of rotatable bonds is 67. The van der Waals surface area contributed by atoms with Crippen molar-refractivity contribution in [3.8, 4) is 0 Å². The second-order valence-corrected chi connectivity index (χ2v) is 25.5. The van der Waals surface area contributed by atoms with Crippen LogP contribution in [0, 0.1) is 0 Å². The Bertz CT molecular complexity index is 1620. The molecule has 2 atom stereocenters. The second kappa shape index (κ2) is 66.7. The summed E-state index contributed by atoms with van der Waals surface area (Å²) in [5, 5.41) is 11.8. The van der Waals surface area contributed by atoms with Crippen LogP contribution in [0.3, 0.4) is 0 Å². The van der Waals surface area contributed by atoms with Crippen LogP contribution in [0.1, 0.15) is 335 Å². The van der Waals surface area contributed by atoms with E-state index in [0.717, 1.165) is 64.2 Å². The average molecular weight is 1190 g/mol. The molecule has 9 heteroatoms. The molecule has 0 aromatic carbocycles. The summed E-state index contributed by atoms with van der Waals surface area (Å²) in [5.41, 5.74) is 0. The lowest BCUT2D eigenvalue weighted by Crippen LogP contribution is -2.44. The van der Waals surface area contributed by atoms with Crippen molar-refractivity contribution >= 4 is 17.9 Å². The van der Waals surface area contributed by atoms with Gasteiger partial charge in [-0.2, -0.15) is 0 Å². The third kappa shape index (κ3) is 68.1. The summed E-state index contributed by atoms with van der Waals surface area (Å²) < 4.78 is 22.8. The number of quaternary nitrogens is 1. The molecule has 0 amide bonds. The molecule has 9 nitrogen and oxygen atoms in total. The molecule has 0 saturated heterocycles. The Labute approximate surface area is 526 Å². The Hall–Kier alpha value is -3.27. The van der Waals surface area contributed by atoms with Crippen molar-refractivity contribution in [1.29, 1.82) is 0 Å². The van der Waals surface area contributed by atoms with Crippen molar-refractivity contribution in [2.24, 2.45) is 0 Å². The van der Waals surface area contributed by atoms with Gasteiger partial charge in [0.25, 0.3) is 0 Å². The molecule has 0 heterocycles. The summed E-state index contributed by atoms with van der Waals surface area (Å²) in [7, 11) is 5.94. The van der Waals surface area contributed by atoms with E-state index < -0.39 is 24.3 Å². The highest BCUT2D eigenvalue weighted by Crippen LogP contribution is 2.18. The first-order valence-electron chi connectivity index (χ1n) is 36.1. The van der Waals surface area contributed by atoms with Crippen molar-refractivity contribution in [1.82, 2.24) is 0 Å². The van der Waals surface area contributed by atoms with Gasteiger partial charge in [-0.3, -0.25) is 9.59 Å². The van der Waals surface area contributed by atoms with Crippen LogP contribution in [0.15, 0.2) is 72.9 Å². The molecule has 0 bridgehead atoms. The van der Waals surface area contributed by atoms with Gasteiger partial charge in [0, 0.05) is 12.8 Å². The third-order valence-corrected chi connectivity index (χ3v) is 15.9. The molecular formula is C76H137NO8. The average Bonchev–Trinajstić information content (AvgIpc) is 3.49. The van der Waals surface area contributed by atoms with Crippen LogP contribution >= 0.6 is 0 Å². The van der Waals surface area contributed by atoms with Crippen LogP contribution in [-0.4, -0.2) is 82.3 Å². The van der Waals surface area contributed by atoms with Crippen LogP contribution in [0.5, 0.6) is 0 Å². The first-order chi connectivity index (χ1) is 41.6. The fourth-order valence-electron chi connectivity index (χ4n) is 10.4. The Balaban J connectivity index is 4.06. The highest BCUT2D eigenvalue weighted by atomic mass is 16.7. The van der Waals surface area contributed by atoms with E-state index in [2.05, 4.69) is 86.8 Å². The molecule has 0 rings (SSSR count). The minimum absolute atomic E-state index is 0.148. The number of esters is 2. The molecule has 0 aliphatic rings. The van der Waals surface area contributed by atoms with Crippen LogP contribution in [0.2, 0.25) is 0 Å². The first-order valence-corrected chi connectivity index (χ1v) is 36.1. The molecule has 0 spiro atoms. The highest BCUT2D eigenvalue weighted by molar-refractivity contribution is 5.70. The van der Waals surface area contributed by atoms with E-state index in [1.165, 1.54) is 238 Å². The number of likely N-dealkylation sites (N-methyl/N-ethyl adjacent to an activating group) is 1. The van der Waals surface area contributed by atoms with Gasteiger partial charge in [-0.25, -0.2) is 0 Å². The summed E-state index contributed by atoms with van der Waals surface area (Å²) in [6.07, 6.45) is 85.6. The van der Waals surface area contributed by atoms with Crippen molar-refractivity contribution < 1.29 is 42.9 Å². The molecule has 0 N–H and O–H groups in total. The minimum atomic E-state index is -1.62. The number of hydrogen-bond acceptors (Lipinski definition) is 8. The van der Waals surface area contributed by atoms with E-state index in [0.29, 0.717) is 23.9 Å². The maximum absolute atomic E-state index is 12.9. The molecule has 0 aromatic rings. The van der Waals surface area contributed by atoms with Crippen LogP contribution in [-0.2, 0) is 33.3 Å². The second-order valence-electron chi connectivity index (χ2n) is 25.5. The van der Waals surface area contributed by atoms with Crippen LogP contribution in [0.4, 0.5) is 0 Å². The zero-order chi connectivity index (χ0) is 61.9. The topological polar surface area (TPSA) is 111 Å². The monoisotopic (exact) mass is 1190 g/mol. The van der Waals surface area contributed by atoms with E-state index in [1.54, 1.807) is 0 Å². The molecule has 2 unspecified atom stereocenters. The number of carbonyl (C=O) groups is 3. The van der Waals surface area contributed by atoms with Gasteiger partial charge in [0.2, 0.25) is 0 Å². The molecule has 0 radical (unpaired) electrons. The quantitative estimate of drug-likeness (QED) is 0.0195. The number of hydrogen-bond donors (Lipinski definition) is 0. The Morgan fingerprint density at radius 3 is 1.00 bits per heavy atom. The minimum Gasteiger partial charge on any atom is -0.545 e. The van der Waals surface area contributed by atoms with E-state index in [4.69, 9.17) is 18.9 Å². The maximum Gasteiger partial charge on any atom is 0.306 e. The normalized spacial score (nSPS) is 13.1. The summed E-state index contributed by atoms with van der Waals surface area (Å²) >= 11 is 0. The van der Waals surface area contributed by atoms with Crippen molar-refractivity contribution in [2.45, 2.75) is 347 Å². The number of allylic oxidation sites excluding steroid dienone is 12. The molecule has 85 heavy (non-hydrogen) atoms. The summed E-state index contributed by atoms with van der Waals surface area (Å²) in [6.45, 7) is 4.68. The van der Waals surface area contributed by atoms with E-state index in [1.807, 2.05) is 21.1 Å². The molecule has 494 valence electrons. The third-order valence-electron chi connectivity index (χ3n) is 15.9. The van der Waals surface area contributed by atoms with Gasteiger partial charge in [0.1, 0.15) is 13.2 Å². The molecular weight excluding hydrogens is 1050 g/mol. The van der Waals surface area contributed by atoms with Gasteiger partial charge in [-0.1, -0.05) is 311 Å². The SMILES string of the molecule is CC/C=C\C/C=C\C/C=C\C/C=C\CCCCCCCCCCCCCCCCCCCCC(=O)OC(COC(=O)CCCCCCCCCCCCCCCCCCC/C=C\C/C=C\CCCCCCC)COC(OCC[N+](C)(C)C)C(=O)[O-]. The lowest BCUT2D eigenvalue weighted by atomic mass is 10.0. The Morgan fingerprint density at radius 1 is 0.365 bits per heavy atom. The lowest BCUT2D eigenvalue weighted by Gasteiger charge is -2.26. The molecule has 0 saturated carbocycles. The standard InChI is InChI=1S/C76H137NO8/c1-6-8-10-12-14-16-18-20-22-24-26-28-30-32-34-36-37-39-41-43-45-47-49-51-53-55-57-59-61-63-65-67-74(79)85-72(71-84-76(75(80)81)82-69-68-77(3,4)5)70-83-73(78)66-64-62-60-58-56-54-52-50-48-46-44-42-40-38-35-33-31-29-27-25-23-21-19-17-15-13-11-9-7-2/h8,10,14,16,19-22,25-28,72,76H,6-7,9,11-13,15,17-18,23-24,29-71H2,1-5H3/b10-8-,16-14-,21-19-,22-20-,27-25-,28-26-. The lowest BCUT2D eigenvalue weighted by molar-refractivity contribution is -0.870. The fourth-order valence-corrected chi connectivity index (χ4v) is 10.4. The summed E-state index contributed by atoms with van der Waals surface area (Å²) in [4.78, 5) is 37.5. The summed E-state index contributed by atoms with van der Waals surface area (Å²) in [6, 6.07) is 0. The van der Waals surface area contributed by atoms with Gasteiger partial charge in [-0.05, 0) is 83.5 Å². The molecule has 0 aliphatic heterocycles. The van der Waals surface area contributed by atoms with Gasteiger partial charge in [-0.15, -0.1) is 0 Å². The molecule has 0 fully saturated rings. The molecule has 0 aliphatic carbocycles. The van der Waals surface area contributed by atoms with Gasteiger partial charge >= 0.3 is 11.9 Å². The predicted molar refractivity (Wildman–Crippen MR) is 361 cm³/mol. The Morgan fingerprint density at radius 2 is 0.671 bits per heavy atom. The number of carboxylic acids is 1.